The predicted molar refractivity (Wildman–Crippen MR) is 102 cm³/mol. The van der Waals surface area contributed by atoms with Crippen molar-refractivity contribution < 1.29 is 14.7 Å². The first kappa shape index (κ1) is 18.7. The molecule has 0 aromatic rings. The lowest BCUT2D eigenvalue weighted by atomic mass is 9.44. The molecule has 0 aliphatic heterocycles. The molecule has 4 aliphatic rings. The average molecular weight is 361 g/mol. The molecule has 4 saturated carbocycles. The highest BCUT2D eigenvalue weighted by Crippen LogP contribution is 2.66. The zero-order valence-corrected chi connectivity index (χ0v) is 16.6. The molecule has 7 unspecified atom stereocenters. The van der Waals surface area contributed by atoms with Crippen LogP contribution in [0.3, 0.4) is 0 Å². The van der Waals surface area contributed by atoms with E-state index in [0.29, 0.717) is 35.7 Å². The molecule has 3 heteroatoms. The highest BCUT2D eigenvalue weighted by atomic mass is 16.3. The van der Waals surface area contributed by atoms with E-state index in [0.717, 1.165) is 38.5 Å². The van der Waals surface area contributed by atoms with Crippen molar-refractivity contribution in [1.29, 1.82) is 0 Å². The topological polar surface area (TPSA) is 54.4 Å². The van der Waals surface area contributed by atoms with Gasteiger partial charge in [0.2, 0.25) is 0 Å². The van der Waals surface area contributed by atoms with Gasteiger partial charge in [0, 0.05) is 30.8 Å². The minimum absolute atomic E-state index is 0.139. The fraction of sp³-hybridized carbons (Fsp3) is 0.913. The van der Waals surface area contributed by atoms with Crippen molar-refractivity contribution in [2.75, 3.05) is 6.61 Å². The van der Waals surface area contributed by atoms with Gasteiger partial charge in [-0.1, -0.05) is 33.1 Å². The monoisotopic (exact) mass is 360 g/mol. The maximum Gasteiger partial charge on any atom is 0.139 e. The Bertz CT molecular complexity index is 584. The second kappa shape index (κ2) is 6.72. The fourth-order valence-electron chi connectivity index (χ4n) is 7.77. The second-order valence-corrected chi connectivity index (χ2v) is 10.3. The number of hydrogen-bond acceptors (Lipinski definition) is 3. The molecule has 0 aromatic heterocycles. The van der Waals surface area contributed by atoms with E-state index >= 15 is 0 Å². The zero-order valence-electron chi connectivity index (χ0n) is 16.6. The van der Waals surface area contributed by atoms with Crippen LogP contribution < -0.4 is 0 Å². The van der Waals surface area contributed by atoms with Gasteiger partial charge in [-0.15, -0.1) is 0 Å². The van der Waals surface area contributed by atoms with E-state index in [1.54, 1.807) is 0 Å². The Morgan fingerprint density at radius 1 is 1.00 bits per heavy atom. The van der Waals surface area contributed by atoms with E-state index in [2.05, 4.69) is 13.8 Å². The first-order chi connectivity index (χ1) is 12.4. The standard InChI is InChI=1S/C23H36O3/c1-22-11-5-3-8-16(22)13-19(25)21-17-10-9-15(7-4-6-12-24)23(17,2)20(26)14-18(21)22/h15-18,21,24H,3-14H2,1-2H3. The van der Waals surface area contributed by atoms with E-state index in [4.69, 9.17) is 5.11 Å². The third kappa shape index (κ3) is 2.56. The first-order valence-electron chi connectivity index (χ1n) is 11.1. The molecule has 26 heavy (non-hydrogen) atoms. The van der Waals surface area contributed by atoms with Crippen LogP contribution in [0, 0.1) is 40.4 Å². The fourth-order valence-corrected chi connectivity index (χ4v) is 7.77. The van der Waals surface area contributed by atoms with E-state index in [1.165, 1.54) is 25.7 Å². The Morgan fingerprint density at radius 2 is 1.81 bits per heavy atom. The Kier molecular flexibility index (Phi) is 4.82. The Labute approximate surface area is 158 Å². The molecular formula is C23H36O3. The van der Waals surface area contributed by atoms with Crippen molar-refractivity contribution in [2.24, 2.45) is 40.4 Å². The quantitative estimate of drug-likeness (QED) is 0.748. The summed E-state index contributed by atoms with van der Waals surface area (Å²) in [5.74, 6) is 2.59. The summed E-state index contributed by atoms with van der Waals surface area (Å²) in [4.78, 5) is 26.7. The van der Waals surface area contributed by atoms with Gasteiger partial charge in [0.1, 0.15) is 11.6 Å². The van der Waals surface area contributed by atoms with Crippen LogP contribution in [-0.2, 0) is 9.59 Å². The average Bonchev–Trinajstić information content (AvgIpc) is 2.95. The third-order valence-corrected chi connectivity index (χ3v) is 9.40. The van der Waals surface area contributed by atoms with Crippen molar-refractivity contribution in [2.45, 2.75) is 84.5 Å². The number of aliphatic hydroxyl groups is 1. The lowest BCUT2D eigenvalue weighted by Crippen LogP contribution is -2.59. The summed E-state index contributed by atoms with van der Waals surface area (Å²) in [5, 5.41) is 9.10. The van der Waals surface area contributed by atoms with Crippen LogP contribution in [0.4, 0.5) is 0 Å². The van der Waals surface area contributed by atoms with Crippen LogP contribution in [0.2, 0.25) is 0 Å². The van der Waals surface area contributed by atoms with Gasteiger partial charge >= 0.3 is 0 Å². The summed E-state index contributed by atoms with van der Waals surface area (Å²) in [6.45, 7) is 4.84. The summed E-state index contributed by atoms with van der Waals surface area (Å²) in [6, 6.07) is 0. The third-order valence-electron chi connectivity index (χ3n) is 9.40. The van der Waals surface area contributed by atoms with E-state index in [9.17, 15) is 9.59 Å². The molecule has 0 radical (unpaired) electrons. The number of Topliss-reactive ketones (excluding diaryl/α,β-unsaturated/α-hetero) is 2. The molecule has 3 nitrogen and oxygen atoms in total. The number of carbonyl (C=O) groups excluding carboxylic acids is 2. The van der Waals surface area contributed by atoms with Crippen molar-refractivity contribution in [1.82, 2.24) is 0 Å². The number of rotatable bonds is 4. The van der Waals surface area contributed by atoms with E-state index < -0.39 is 0 Å². The summed E-state index contributed by atoms with van der Waals surface area (Å²) >= 11 is 0. The second-order valence-electron chi connectivity index (χ2n) is 10.3. The van der Waals surface area contributed by atoms with Crippen molar-refractivity contribution in [3.8, 4) is 0 Å². The molecule has 4 aliphatic carbocycles. The van der Waals surface area contributed by atoms with Crippen molar-refractivity contribution >= 4 is 11.6 Å². The van der Waals surface area contributed by atoms with E-state index in [1.807, 2.05) is 0 Å². The summed E-state index contributed by atoms with van der Waals surface area (Å²) in [5.41, 5.74) is -0.0765. The molecule has 0 bridgehead atoms. The van der Waals surface area contributed by atoms with Crippen molar-refractivity contribution in [3.63, 3.8) is 0 Å². The Hall–Kier alpha value is -0.700. The first-order valence-corrected chi connectivity index (χ1v) is 11.1. The van der Waals surface area contributed by atoms with Gasteiger partial charge in [0.05, 0.1) is 0 Å². The molecule has 4 fully saturated rings. The Balaban J connectivity index is 1.63. The summed E-state index contributed by atoms with van der Waals surface area (Å²) < 4.78 is 0. The van der Waals surface area contributed by atoms with Crippen LogP contribution in [0.5, 0.6) is 0 Å². The maximum atomic E-state index is 13.5. The number of hydrogen-bond donors (Lipinski definition) is 1. The van der Waals surface area contributed by atoms with Crippen LogP contribution in [0.25, 0.3) is 0 Å². The minimum atomic E-state index is -0.288. The van der Waals surface area contributed by atoms with Gasteiger partial charge in [0.25, 0.3) is 0 Å². The molecule has 146 valence electrons. The highest BCUT2D eigenvalue weighted by Gasteiger charge is 2.65. The predicted octanol–water partition coefficient (Wildman–Crippen LogP) is 4.56. The zero-order chi connectivity index (χ0) is 18.5. The Morgan fingerprint density at radius 3 is 2.58 bits per heavy atom. The normalized spacial score (nSPS) is 48.0. The van der Waals surface area contributed by atoms with Crippen LogP contribution in [-0.4, -0.2) is 23.3 Å². The SMILES string of the molecule is CC12CCCCC1CC(=O)C1C2CC(=O)C2(C)C(CCCCO)CCC12. The molecule has 0 heterocycles. The molecular weight excluding hydrogens is 324 g/mol. The molecule has 0 amide bonds. The highest BCUT2D eigenvalue weighted by molar-refractivity contribution is 5.92. The van der Waals surface area contributed by atoms with Crippen LogP contribution >= 0.6 is 0 Å². The molecule has 0 spiro atoms. The smallest absolute Gasteiger partial charge is 0.139 e. The number of unbranched alkanes of at least 4 members (excludes halogenated alkanes) is 1. The number of fused-ring (bicyclic) bond motifs is 5. The number of aliphatic hydroxyl groups excluding tert-OH is 1. The van der Waals surface area contributed by atoms with E-state index in [-0.39, 0.29) is 29.3 Å². The summed E-state index contributed by atoms with van der Waals surface area (Å²) in [7, 11) is 0. The van der Waals surface area contributed by atoms with Crippen LogP contribution in [0.15, 0.2) is 0 Å². The van der Waals surface area contributed by atoms with Gasteiger partial charge in [-0.25, -0.2) is 0 Å². The molecule has 7 atom stereocenters. The molecule has 4 rings (SSSR count). The van der Waals surface area contributed by atoms with Crippen LogP contribution in [0.1, 0.15) is 84.5 Å². The molecule has 1 N–H and O–H groups in total. The van der Waals surface area contributed by atoms with Gasteiger partial charge in [-0.2, -0.15) is 0 Å². The molecule has 0 saturated heterocycles. The maximum absolute atomic E-state index is 13.5. The lowest BCUT2D eigenvalue weighted by Gasteiger charge is -2.58. The lowest BCUT2D eigenvalue weighted by molar-refractivity contribution is -0.164. The van der Waals surface area contributed by atoms with Gasteiger partial charge in [-0.05, 0) is 67.6 Å². The number of ketones is 2. The summed E-state index contributed by atoms with van der Waals surface area (Å²) in [6.07, 6.45) is 11.3. The largest absolute Gasteiger partial charge is 0.396 e. The van der Waals surface area contributed by atoms with Gasteiger partial charge < -0.3 is 5.11 Å². The van der Waals surface area contributed by atoms with Gasteiger partial charge in [-0.3, -0.25) is 9.59 Å². The minimum Gasteiger partial charge on any atom is -0.396 e. The van der Waals surface area contributed by atoms with Crippen molar-refractivity contribution in [3.05, 3.63) is 0 Å². The van der Waals surface area contributed by atoms with Gasteiger partial charge in [0.15, 0.2) is 0 Å². The molecule has 0 aromatic carbocycles. The number of carbonyl (C=O) groups is 2.